The number of pyridine rings is 1. The molecule has 3 rings (SSSR count). The molecule has 14 heteroatoms. The predicted molar refractivity (Wildman–Crippen MR) is 133 cm³/mol. The molecule has 0 radical (unpaired) electrons. The first-order chi connectivity index (χ1) is 18.0. The summed E-state index contributed by atoms with van der Waals surface area (Å²) in [4.78, 5) is 25.4. The molecule has 2 heterocycles. The Kier molecular flexibility index (Phi) is 8.68. The minimum Gasteiger partial charge on any atom is -0.344 e. The summed E-state index contributed by atoms with van der Waals surface area (Å²) in [7, 11) is -2.48. The molecule has 1 N–H and O–H groups in total. The molecule has 2 atom stereocenters. The topological polar surface area (TPSA) is 97.2 Å². The van der Waals surface area contributed by atoms with Gasteiger partial charge in [-0.15, -0.1) is 0 Å². The lowest BCUT2D eigenvalue weighted by atomic mass is 10.0. The van der Waals surface area contributed by atoms with Crippen LogP contribution in [0, 0.1) is 5.92 Å². The first-order valence-electron chi connectivity index (χ1n) is 11.5. The van der Waals surface area contributed by atoms with Gasteiger partial charge >= 0.3 is 12.4 Å². The Labute approximate surface area is 221 Å². The summed E-state index contributed by atoms with van der Waals surface area (Å²) in [6.45, 7) is 5.31. The first-order valence-corrected chi connectivity index (χ1v) is 13.6. The lowest BCUT2D eigenvalue weighted by Crippen LogP contribution is -2.28. The van der Waals surface area contributed by atoms with Crippen LogP contribution >= 0.6 is 0 Å². The van der Waals surface area contributed by atoms with E-state index in [1.54, 1.807) is 18.4 Å². The van der Waals surface area contributed by atoms with Gasteiger partial charge in [-0.2, -0.15) is 30.7 Å². The fourth-order valence-electron chi connectivity index (χ4n) is 3.76. The number of carbonyl (C=O) groups is 1. The van der Waals surface area contributed by atoms with E-state index in [9.17, 15) is 35.3 Å². The van der Waals surface area contributed by atoms with Crippen LogP contribution in [0.15, 0.2) is 53.3 Å². The number of hydrogen-bond donors (Lipinski definition) is 1. The number of benzene rings is 1. The van der Waals surface area contributed by atoms with Crippen molar-refractivity contribution in [2.24, 2.45) is 10.3 Å². The molecule has 0 fully saturated rings. The standard InChI is InChI=1S/C25H25F6N5O2S/c1-14(2)13-39(4,38)36-19-5-6-20(34-12-19)22-21(32-7-8-33-22)15(3)35-23(37)16-9-17(24(26,27)28)11-18(10-16)25(29,30)31/h5-12,14-15H,13H2,1-4H3,(H,35,37)/t15-,39?/m0/s1. The number of hydrogen-bond acceptors (Lipinski definition) is 6. The normalized spacial score (nSPS) is 14.5. The average molecular weight is 574 g/mol. The summed E-state index contributed by atoms with van der Waals surface area (Å²) < 4.78 is 96.1. The van der Waals surface area contributed by atoms with E-state index in [4.69, 9.17) is 0 Å². The van der Waals surface area contributed by atoms with Crippen LogP contribution in [-0.2, 0) is 22.1 Å². The number of carbonyl (C=O) groups excluding carboxylic acids is 1. The minimum absolute atomic E-state index is 0.0532. The van der Waals surface area contributed by atoms with Crippen LogP contribution < -0.4 is 5.32 Å². The van der Waals surface area contributed by atoms with Crippen molar-refractivity contribution in [3.8, 4) is 11.4 Å². The Morgan fingerprint density at radius 2 is 1.54 bits per heavy atom. The zero-order chi connectivity index (χ0) is 29.2. The van der Waals surface area contributed by atoms with Crippen molar-refractivity contribution in [3.63, 3.8) is 0 Å². The summed E-state index contributed by atoms with van der Waals surface area (Å²) in [6, 6.07) is 2.80. The fraction of sp³-hybridized carbons (Fsp3) is 0.360. The van der Waals surface area contributed by atoms with E-state index in [0.29, 0.717) is 29.3 Å². The van der Waals surface area contributed by atoms with Gasteiger partial charge in [-0.3, -0.25) is 19.7 Å². The van der Waals surface area contributed by atoms with E-state index in [1.807, 2.05) is 13.8 Å². The van der Waals surface area contributed by atoms with E-state index >= 15 is 0 Å². The molecule has 210 valence electrons. The highest BCUT2D eigenvalue weighted by atomic mass is 32.2. The van der Waals surface area contributed by atoms with Crippen molar-refractivity contribution in [2.45, 2.75) is 39.2 Å². The second kappa shape index (κ2) is 11.3. The largest absolute Gasteiger partial charge is 0.416 e. The molecule has 0 spiro atoms. The van der Waals surface area contributed by atoms with Crippen LogP contribution in [0.25, 0.3) is 11.4 Å². The smallest absolute Gasteiger partial charge is 0.344 e. The second-order valence-electron chi connectivity index (χ2n) is 9.29. The number of aromatic nitrogens is 3. The summed E-state index contributed by atoms with van der Waals surface area (Å²) in [5.41, 5.74) is -2.94. The maximum atomic E-state index is 13.2. The third-order valence-corrected chi connectivity index (χ3v) is 7.15. The first kappa shape index (κ1) is 30.0. The molecule has 2 aromatic heterocycles. The van der Waals surface area contributed by atoms with E-state index in [2.05, 4.69) is 24.6 Å². The third kappa shape index (κ3) is 7.97. The van der Waals surface area contributed by atoms with Gasteiger partial charge in [0.05, 0.1) is 40.4 Å². The molecule has 7 nitrogen and oxygen atoms in total. The van der Waals surface area contributed by atoms with E-state index < -0.39 is 50.7 Å². The van der Waals surface area contributed by atoms with Crippen LogP contribution in [0.5, 0.6) is 0 Å². The Hall–Kier alpha value is -3.55. The van der Waals surface area contributed by atoms with Gasteiger partial charge in [0.25, 0.3) is 5.91 Å². The Morgan fingerprint density at radius 1 is 0.949 bits per heavy atom. The van der Waals surface area contributed by atoms with Crippen LogP contribution in [0.1, 0.15) is 54.0 Å². The molecule has 39 heavy (non-hydrogen) atoms. The quantitative estimate of drug-likeness (QED) is 0.328. The molecule has 3 aromatic rings. The van der Waals surface area contributed by atoms with Crippen molar-refractivity contribution in [1.82, 2.24) is 20.3 Å². The van der Waals surface area contributed by atoms with Crippen LogP contribution in [0.3, 0.4) is 0 Å². The molecule has 1 amide bonds. The van der Waals surface area contributed by atoms with E-state index in [1.165, 1.54) is 25.5 Å². The maximum Gasteiger partial charge on any atom is 0.416 e. The number of alkyl halides is 6. The fourth-order valence-corrected chi connectivity index (χ4v) is 5.62. The molecule has 1 aromatic carbocycles. The van der Waals surface area contributed by atoms with Crippen molar-refractivity contribution < 1.29 is 35.3 Å². The summed E-state index contributed by atoms with van der Waals surface area (Å²) in [5, 5.41) is 2.38. The van der Waals surface area contributed by atoms with Crippen LogP contribution in [0.4, 0.5) is 32.0 Å². The van der Waals surface area contributed by atoms with Gasteiger partial charge in [0, 0.05) is 39.7 Å². The minimum atomic E-state index is -5.09. The van der Waals surface area contributed by atoms with Crippen molar-refractivity contribution in [3.05, 3.63) is 71.3 Å². The maximum absolute atomic E-state index is 13.2. The van der Waals surface area contributed by atoms with Gasteiger partial charge in [0.15, 0.2) is 0 Å². The number of halogens is 6. The average Bonchev–Trinajstić information content (AvgIpc) is 2.82. The Morgan fingerprint density at radius 3 is 2.05 bits per heavy atom. The molecule has 1 unspecified atom stereocenters. The number of nitrogens with zero attached hydrogens (tertiary/aromatic N) is 4. The molecular weight excluding hydrogens is 548 g/mol. The predicted octanol–water partition coefficient (Wildman–Crippen LogP) is 6.45. The van der Waals surface area contributed by atoms with Crippen molar-refractivity contribution >= 4 is 21.3 Å². The van der Waals surface area contributed by atoms with Gasteiger partial charge in [-0.1, -0.05) is 13.8 Å². The summed E-state index contributed by atoms with van der Waals surface area (Å²) in [6.07, 6.45) is -4.57. The summed E-state index contributed by atoms with van der Waals surface area (Å²) >= 11 is 0. The van der Waals surface area contributed by atoms with Gasteiger partial charge < -0.3 is 5.32 Å². The van der Waals surface area contributed by atoms with Crippen molar-refractivity contribution in [2.75, 3.05) is 12.0 Å². The molecule has 0 bridgehead atoms. The number of nitrogens with one attached hydrogen (secondary N) is 1. The summed E-state index contributed by atoms with van der Waals surface area (Å²) in [5.74, 6) is -0.592. The van der Waals surface area contributed by atoms with Gasteiger partial charge in [0.1, 0.15) is 5.69 Å². The molecule has 0 saturated carbocycles. The number of amides is 1. The highest BCUT2D eigenvalue weighted by molar-refractivity contribution is 7.93. The molecule has 0 aliphatic carbocycles. The monoisotopic (exact) mass is 573 g/mol. The highest BCUT2D eigenvalue weighted by Crippen LogP contribution is 2.36. The molecular formula is C25H25F6N5O2S. The second-order valence-corrected chi connectivity index (χ2v) is 11.7. The number of rotatable bonds is 7. The third-order valence-electron chi connectivity index (χ3n) is 5.27. The van der Waals surface area contributed by atoms with Crippen LogP contribution in [-0.4, -0.2) is 37.1 Å². The molecule has 0 aliphatic heterocycles. The molecule has 0 saturated heterocycles. The van der Waals surface area contributed by atoms with Gasteiger partial charge in [0.2, 0.25) is 0 Å². The SMILES string of the molecule is CC(C)CS(C)(=O)=Nc1ccc(-c2nccnc2[C@H](C)NC(=O)c2cc(C(F)(F)F)cc(C(F)(F)F)c2)nc1. The lowest BCUT2D eigenvalue weighted by molar-refractivity contribution is -0.143. The highest BCUT2D eigenvalue weighted by Gasteiger charge is 2.37. The lowest BCUT2D eigenvalue weighted by Gasteiger charge is -2.18. The molecule has 0 aliphatic rings. The van der Waals surface area contributed by atoms with E-state index in [0.717, 1.165) is 0 Å². The Balaban J connectivity index is 1.90. The zero-order valence-electron chi connectivity index (χ0n) is 21.3. The zero-order valence-corrected chi connectivity index (χ0v) is 22.1. The van der Waals surface area contributed by atoms with Gasteiger partial charge in [-0.25, -0.2) is 4.21 Å². The van der Waals surface area contributed by atoms with Crippen molar-refractivity contribution in [1.29, 1.82) is 0 Å². The van der Waals surface area contributed by atoms with Gasteiger partial charge in [-0.05, 0) is 43.2 Å². The Bertz CT molecular complexity index is 1430. The van der Waals surface area contributed by atoms with Crippen LogP contribution in [0.2, 0.25) is 0 Å². The van der Waals surface area contributed by atoms with E-state index in [-0.39, 0.29) is 23.4 Å².